The highest BCUT2D eigenvalue weighted by molar-refractivity contribution is 7.91. The van der Waals surface area contributed by atoms with Gasteiger partial charge in [-0.2, -0.15) is 0 Å². The molecule has 0 bridgehead atoms. The van der Waals surface area contributed by atoms with Crippen molar-refractivity contribution in [2.75, 3.05) is 7.11 Å². The van der Waals surface area contributed by atoms with Crippen molar-refractivity contribution in [2.24, 2.45) is 5.73 Å². The highest BCUT2D eigenvalue weighted by Gasteiger charge is 2.29. The van der Waals surface area contributed by atoms with E-state index in [-0.39, 0.29) is 11.0 Å². The molecule has 0 atom stereocenters. The first-order chi connectivity index (χ1) is 9.06. The molecule has 5 heteroatoms. The molecule has 0 amide bonds. The van der Waals surface area contributed by atoms with Crippen LogP contribution in [0.5, 0.6) is 5.75 Å². The largest absolute Gasteiger partial charge is 0.496 e. The number of nitrogens with two attached hydrogens (primary N) is 1. The van der Waals surface area contributed by atoms with Crippen LogP contribution >= 0.6 is 0 Å². The minimum Gasteiger partial charge on any atom is -0.496 e. The number of benzene rings is 1. The maximum Gasteiger partial charge on any atom is 0.157 e. The fourth-order valence-corrected chi connectivity index (χ4v) is 4.60. The zero-order chi connectivity index (χ0) is 13.9. The molecule has 0 aliphatic heterocycles. The van der Waals surface area contributed by atoms with Gasteiger partial charge in [-0.3, -0.25) is 0 Å². The number of methoxy groups -OCH3 is 1. The first-order valence-corrected chi connectivity index (χ1v) is 8.36. The van der Waals surface area contributed by atoms with Crippen LogP contribution in [0.25, 0.3) is 0 Å². The predicted molar refractivity (Wildman–Crippen MR) is 75.8 cm³/mol. The molecule has 1 aromatic rings. The van der Waals surface area contributed by atoms with Gasteiger partial charge in [0.1, 0.15) is 5.75 Å². The van der Waals surface area contributed by atoms with Crippen LogP contribution < -0.4 is 10.5 Å². The van der Waals surface area contributed by atoms with Crippen molar-refractivity contribution in [3.05, 3.63) is 29.3 Å². The van der Waals surface area contributed by atoms with Crippen LogP contribution in [0.1, 0.15) is 36.8 Å². The van der Waals surface area contributed by atoms with E-state index in [0.29, 0.717) is 12.3 Å². The minimum atomic E-state index is -3.09. The average Bonchev–Trinajstić information content (AvgIpc) is 2.93. The van der Waals surface area contributed by atoms with Gasteiger partial charge in [0.2, 0.25) is 0 Å². The van der Waals surface area contributed by atoms with E-state index in [0.717, 1.165) is 36.8 Å². The molecule has 0 heterocycles. The second kappa shape index (κ2) is 5.92. The van der Waals surface area contributed by atoms with Crippen molar-refractivity contribution in [1.29, 1.82) is 0 Å². The summed E-state index contributed by atoms with van der Waals surface area (Å²) in [6.45, 7) is 0.403. The molecule has 1 aliphatic rings. The molecule has 0 saturated heterocycles. The third-order valence-electron chi connectivity index (χ3n) is 3.75. The first-order valence-electron chi connectivity index (χ1n) is 6.64. The van der Waals surface area contributed by atoms with Crippen molar-refractivity contribution < 1.29 is 13.2 Å². The Labute approximate surface area is 114 Å². The Hall–Kier alpha value is -1.07. The van der Waals surface area contributed by atoms with Crippen molar-refractivity contribution in [3.8, 4) is 5.75 Å². The van der Waals surface area contributed by atoms with Gasteiger partial charge in [0.15, 0.2) is 9.84 Å². The molecule has 19 heavy (non-hydrogen) atoms. The van der Waals surface area contributed by atoms with E-state index in [1.807, 2.05) is 12.1 Å². The quantitative estimate of drug-likeness (QED) is 0.897. The van der Waals surface area contributed by atoms with Crippen molar-refractivity contribution >= 4 is 9.84 Å². The van der Waals surface area contributed by atoms with Crippen molar-refractivity contribution in [1.82, 2.24) is 0 Å². The molecule has 4 nitrogen and oxygen atoms in total. The SMILES string of the molecule is COc1ccc(CN)cc1CS(=O)(=O)C1CCCC1. The van der Waals surface area contributed by atoms with Crippen molar-refractivity contribution in [2.45, 2.75) is 43.2 Å². The lowest BCUT2D eigenvalue weighted by atomic mass is 10.1. The Morgan fingerprint density at radius 1 is 1.32 bits per heavy atom. The molecule has 106 valence electrons. The molecule has 0 aromatic heterocycles. The van der Waals surface area contributed by atoms with Gasteiger partial charge in [0, 0.05) is 12.1 Å². The summed E-state index contributed by atoms with van der Waals surface area (Å²) in [5, 5.41) is -0.182. The Balaban J connectivity index is 2.26. The summed E-state index contributed by atoms with van der Waals surface area (Å²) in [4.78, 5) is 0. The smallest absolute Gasteiger partial charge is 0.157 e. The highest BCUT2D eigenvalue weighted by Crippen LogP contribution is 2.30. The number of hydrogen-bond acceptors (Lipinski definition) is 4. The summed E-state index contributed by atoms with van der Waals surface area (Å²) in [6.07, 6.45) is 3.62. The monoisotopic (exact) mass is 283 g/mol. The van der Waals surface area contributed by atoms with Crippen LogP contribution in [0, 0.1) is 0 Å². The van der Waals surface area contributed by atoms with Gasteiger partial charge in [0.05, 0.1) is 18.1 Å². The molecule has 2 N–H and O–H groups in total. The lowest BCUT2D eigenvalue weighted by molar-refractivity contribution is 0.410. The molecule has 0 spiro atoms. The second-order valence-corrected chi connectivity index (χ2v) is 7.35. The van der Waals surface area contributed by atoms with Crippen LogP contribution in [-0.4, -0.2) is 20.8 Å². The van der Waals surface area contributed by atoms with E-state index in [1.54, 1.807) is 13.2 Å². The fraction of sp³-hybridized carbons (Fsp3) is 0.571. The van der Waals surface area contributed by atoms with E-state index in [4.69, 9.17) is 10.5 Å². The summed E-state index contributed by atoms with van der Waals surface area (Å²) in [7, 11) is -1.53. The summed E-state index contributed by atoms with van der Waals surface area (Å²) in [5.74, 6) is 0.674. The lowest BCUT2D eigenvalue weighted by Gasteiger charge is -2.14. The topological polar surface area (TPSA) is 69.4 Å². The number of ether oxygens (including phenoxy) is 1. The Bertz CT molecular complexity index is 534. The maximum absolute atomic E-state index is 12.4. The normalized spacial score (nSPS) is 16.7. The molecular formula is C14H21NO3S. The fourth-order valence-electron chi connectivity index (χ4n) is 2.65. The predicted octanol–water partition coefficient (Wildman–Crippen LogP) is 2.01. The zero-order valence-electron chi connectivity index (χ0n) is 11.3. The molecular weight excluding hydrogens is 262 g/mol. The second-order valence-electron chi connectivity index (χ2n) is 5.06. The van der Waals surface area contributed by atoms with Crippen LogP contribution in [0.4, 0.5) is 0 Å². The molecule has 0 radical (unpaired) electrons. The van der Waals surface area contributed by atoms with Crippen LogP contribution in [0.15, 0.2) is 18.2 Å². The minimum absolute atomic E-state index is 0.0503. The summed E-state index contributed by atoms with van der Waals surface area (Å²) < 4.78 is 30.0. The number of sulfone groups is 1. The molecule has 1 saturated carbocycles. The zero-order valence-corrected chi connectivity index (χ0v) is 12.1. The average molecular weight is 283 g/mol. The number of hydrogen-bond donors (Lipinski definition) is 1. The van der Waals surface area contributed by atoms with E-state index in [9.17, 15) is 8.42 Å². The van der Waals surface area contributed by atoms with Gasteiger partial charge in [-0.15, -0.1) is 0 Å². The Kier molecular flexibility index (Phi) is 4.47. The maximum atomic E-state index is 12.4. The summed E-state index contributed by atoms with van der Waals surface area (Å²) in [5.41, 5.74) is 7.25. The van der Waals surface area contributed by atoms with Gasteiger partial charge in [-0.05, 0) is 30.5 Å². The van der Waals surface area contributed by atoms with Gasteiger partial charge < -0.3 is 10.5 Å². The van der Waals surface area contributed by atoms with E-state index in [1.165, 1.54) is 0 Å². The van der Waals surface area contributed by atoms with E-state index in [2.05, 4.69) is 0 Å². The Morgan fingerprint density at radius 2 is 2.00 bits per heavy atom. The van der Waals surface area contributed by atoms with Gasteiger partial charge >= 0.3 is 0 Å². The van der Waals surface area contributed by atoms with E-state index < -0.39 is 9.84 Å². The standard InChI is InChI=1S/C14H21NO3S/c1-18-14-7-6-11(9-15)8-12(14)10-19(16,17)13-4-2-3-5-13/h6-8,13H,2-5,9-10,15H2,1H3. The first kappa shape index (κ1) is 14.3. The molecule has 1 fully saturated rings. The highest BCUT2D eigenvalue weighted by atomic mass is 32.2. The third kappa shape index (κ3) is 3.28. The summed E-state index contributed by atoms with van der Waals surface area (Å²) >= 11 is 0. The molecule has 1 aliphatic carbocycles. The number of rotatable bonds is 5. The van der Waals surface area contributed by atoms with Crippen molar-refractivity contribution in [3.63, 3.8) is 0 Å². The van der Waals surface area contributed by atoms with Crippen LogP contribution in [0.3, 0.4) is 0 Å². The van der Waals surface area contributed by atoms with E-state index >= 15 is 0 Å². The third-order valence-corrected chi connectivity index (χ3v) is 5.95. The van der Waals surface area contributed by atoms with Gasteiger partial charge in [-0.25, -0.2) is 8.42 Å². The summed E-state index contributed by atoms with van der Waals surface area (Å²) in [6, 6.07) is 5.50. The van der Waals surface area contributed by atoms with Gasteiger partial charge in [0.25, 0.3) is 0 Å². The molecule has 2 rings (SSSR count). The Morgan fingerprint density at radius 3 is 2.58 bits per heavy atom. The lowest BCUT2D eigenvalue weighted by Crippen LogP contribution is -2.20. The molecule has 1 aromatic carbocycles. The molecule has 0 unspecified atom stereocenters. The van der Waals surface area contributed by atoms with Crippen LogP contribution in [0.2, 0.25) is 0 Å². The van der Waals surface area contributed by atoms with Gasteiger partial charge in [-0.1, -0.05) is 18.9 Å². The van der Waals surface area contributed by atoms with Crippen LogP contribution in [-0.2, 0) is 22.1 Å².